The Hall–Kier alpha value is -3.77. The second kappa shape index (κ2) is 6.62. The van der Waals surface area contributed by atoms with E-state index in [1.165, 1.54) is 6.42 Å². The summed E-state index contributed by atoms with van der Waals surface area (Å²) in [5.74, 6) is 2.10. The van der Waals surface area contributed by atoms with E-state index in [4.69, 9.17) is 15.7 Å². The highest BCUT2D eigenvalue weighted by atomic mass is 15.2. The van der Waals surface area contributed by atoms with E-state index in [-0.39, 0.29) is 0 Å². The summed E-state index contributed by atoms with van der Waals surface area (Å²) in [6.45, 7) is 1.93. The van der Waals surface area contributed by atoms with E-state index in [0.717, 1.165) is 35.7 Å². The third kappa shape index (κ3) is 2.79. The van der Waals surface area contributed by atoms with E-state index in [9.17, 15) is 5.26 Å². The van der Waals surface area contributed by atoms with Gasteiger partial charge in [-0.25, -0.2) is 14.5 Å². The van der Waals surface area contributed by atoms with Gasteiger partial charge in [-0.3, -0.25) is 4.68 Å². The van der Waals surface area contributed by atoms with Crippen molar-refractivity contribution in [1.29, 1.82) is 5.26 Å². The maximum absolute atomic E-state index is 9.57. The van der Waals surface area contributed by atoms with Gasteiger partial charge in [0.2, 0.25) is 0 Å². The third-order valence-corrected chi connectivity index (χ3v) is 6.57. The number of nitrogens with two attached hydrogens (primary N) is 1. The van der Waals surface area contributed by atoms with Gasteiger partial charge >= 0.3 is 0 Å². The van der Waals surface area contributed by atoms with Crippen molar-refractivity contribution in [1.82, 2.24) is 29.4 Å². The van der Waals surface area contributed by atoms with Gasteiger partial charge < -0.3 is 10.6 Å². The molecule has 31 heavy (non-hydrogen) atoms. The minimum atomic E-state index is 0.342. The van der Waals surface area contributed by atoms with E-state index in [2.05, 4.69) is 21.2 Å². The second-order valence-electron chi connectivity index (χ2n) is 8.48. The summed E-state index contributed by atoms with van der Waals surface area (Å²) in [4.78, 5) is 11.9. The molecule has 1 aliphatic carbocycles. The molecule has 9 nitrogen and oxygen atoms in total. The van der Waals surface area contributed by atoms with Gasteiger partial charge in [-0.2, -0.15) is 15.5 Å². The molecule has 0 spiro atoms. The van der Waals surface area contributed by atoms with Crippen LogP contribution in [0.5, 0.6) is 0 Å². The van der Waals surface area contributed by atoms with Crippen LogP contribution >= 0.6 is 0 Å². The lowest BCUT2D eigenvalue weighted by atomic mass is 9.67. The van der Waals surface area contributed by atoms with Crippen LogP contribution in [-0.4, -0.2) is 48.5 Å². The minimum Gasteiger partial charge on any atom is -0.356 e. The molecule has 6 heterocycles. The first-order chi connectivity index (χ1) is 15.1. The number of nitrogens with zero attached hydrogens (tertiary/aromatic N) is 8. The van der Waals surface area contributed by atoms with Gasteiger partial charge in [0.15, 0.2) is 0 Å². The Balaban J connectivity index is 1.41. The summed E-state index contributed by atoms with van der Waals surface area (Å²) in [6.07, 6.45) is 10.1. The number of piperidine rings is 2. The van der Waals surface area contributed by atoms with Crippen molar-refractivity contribution in [3.63, 3.8) is 0 Å². The molecule has 7 rings (SSSR count). The first kappa shape index (κ1) is 18.0. The second-order valence-corrected chi connectivity index (χ2v) is 8.48. The van der Waals surface area contributed by atoms with Crippen LogP contribution in [0.2, 0.25) is 0 Å². The van der Waals surface area contributed by atoms with Gasteiger partial charge in [-0.15, -0.1) is 0 Å². The van der Waals surface area contributed by atoms with E-state index < -0.39 is 0 Å². The summed E-state index contributed by atoms with van der Waals surface area (Å²) in [5.41, 5.74) is 10.5. The fraction of sp³-hybridized carbons (Fsp3) is 0.318. The predicted molar refractivity (Wildman–Crippen MR) is 115 cm³/mol. The van der Waals surface area contributed by atoms with Crippen molar-refractivity contribution in [2.24, 2.45) is 24.6 Å². The monoisotopic (exact) mass is 411 g/mol. The summed E-state index contributed by atoms with van der Waals surface area (Å²) >= 11 is 0. The zero-order valence-electron chi connectivity index (χ0n) is 17.0. The first-order valence-electron chi connectivity index (χ1n) is 10.3. The third-order valence-electron chi connectivity index (χ3n) is 6.57. The topological polar surface area (TPSA) is 114 Å². The number of nitriles is 1. The normalized spacial score (nSPS) is 22.4. The van der Waals surface area contributed by atoms with E-state index in [1.807, 2.05) is 37.8 Å². The van der Waals surface area contributed by atoms with Crippen molar-refractivity contribution in [2.75, 3.05) is 18.0 Å². The Morgan fingerprint density at radius 3 is 2.55 bits per heavy atom. The average molecular weight is 411 g/mol. The van der Waals surface area contributed by atoms with Crippen LogP contribution in [0.15, 0.2) is 43.1 Å². The lowest BCUT2D eigenvalue weighted by Crippen LogP contribution is -2.62. The summed E-state index contributed by atoms with van der Waals surface area (Å²) in [7, 11) is 1.87. The highest BCUT2D eigenvalue weighted by molar-refractivity contribution is 5.83. The molecule has 0 amide bonds. The van der Waals surface area contributed by atoms with Crippen LogP contribution < -0.4 is 10.6 Å². The molecule has 0 radical (unpaired) electrons. The van der Waals surface area contributed by atoms with Gasteiger partial charge in [0, 0.05) is 49.7 Å². The first-order valence-corrected chi connectivity index (χ1v) is 10.3. The molecule has 2 aliphatic heterocycles. The van der Waals surface area contributed by atoms with Crippen LogP contribution in [0, 0.1) is 23.2 Å². The molecule has 1 saturated carbocycles. The van der Waals surface area contributed by atoms with Crippen LogP contribution in [0.25, 0.3) is 28.0 Å². The van der Waals surface area contributed by atoms with Crippen molar-refractivity contribution < 1.29 is 0 Å². The van der Waals surface area contributed by atoms with Crippen LogP contribution in [0.4, 0.5) is 5.82 Å². The molecule has 3 aliphatic rings. The predicted octanol–water partition coefficient (Wildman–Crippen LogP) is 1.85. The molecule has 4 aromatic rings. The van der Waals surface area contributed by atoms with Crippen LogP contribution in [0.1, 0.15) is 12.0 Å². The van der Waals surface area contributed by atoms with Crippen LogP contribution in [-0.2, 0) is 7.05 Å². The Labute approximate surface area is 178 Å². The zero-order valence-corrected chi connectivity index (χ0v) is 17.0. The SMILES string of the molecule is Cn1cc(-c2cn3ncc(C#N)c3c(-c3ccc(N4CC5CC(C4)C5N)nc3)n2)cn1. The number of hydrogen-bond donors (Lipinski definition) is 1. The molecule has 154 valence electrons. The fourth-order valence-electron chi connectivity index (χ4n) is 4.82. The van der Waals surface area contributed by atoms with Crippen LogP contribution in [0.3, 0.4) is 0 Å². The molecule has 2 saturated heterocycles. The van der Waals surface area contributed by atoms with Crippen molar-refractivity contribution in [3.05, 3.63) is 48.7 Å². The van der Waals surface area contributed by atoms with Gasteiger partial charge in [0.25, 0.3) is 0 Å². The summed E-state index contributed by atoms with van der Waals surface area (Å²) in [6, 6.07) is 6.61. The van der Waals surface area contributed by atoms with Crippen molar-refractivity contribution in [3.8, 4) is 28.6 Å². The highest BCUT2D eigenvalue weighted by Gasteiger charge is 2.44. The standard InChI is InChI=1S/C22H21N9/c1-29-9-17(8-26-29)18-12-31-22(16(5-23)7-27-31)21(28-18)13-2-3-19(25-6-13)30-10-14-4-15(11-30)20(14)24/h2-3,6-9,12,14-15,20H,4,10-11,24H2,1H3. The van der Waals surface area contributed by atoms with Gasteiger partial charge in [0.1, 0.15) is 23.0 Å². The number of pyridine rings is 1. The Bertz CT molecular complexity index is 1320. The number of rotatable bonds is 3. The molecular formula is C22H21N9. The average Bonchev–Trinajstić information content (AvgIpc) is 3.44. The van der Waals surface area contributed by atoms with E-state index in [1.54, 1.807) is 21.6 Å². The van der Waals surface area contributed by atoms with Crippen molar-refractivity contribution >= 4 is 11.3 Å². The zero-order chi connectivity index (χ0) is 21.1. The molecule has 3 fully saturated rings. The number of aromatic nitrogens is 6. The fourth-order valence-corrected chi connectivity index (χ4v) is 4.82. The Morgan fingerprint density at radius 1 is 1.06 bits per heavy atom. The van der Waals surface area contributed by atoms with Gasteiger partial charge in [0.05, 0.1) is 30.0 Å². The summed E-state index contributed by atoms with van der Waals surface area (Å²) < 4.78 is 3.44. The minimum absolute atomic E-state index is 0.342. The molecule has 4 aromatic heterocycles. The maximum atomic E-state index is 9.57. The van der Waals surface area contributed by atoms with Gasteiger partial charge in [-0.05, 0) is 30.4 Å². The molecule has 9 heteroatoms. The number of hydrogen-bond acceptors (Lipinski definition) is 7. The smallest absolute Gasteiger partial charge is 0.128 e. The Morgan fingerprint density at radius 2 is 1.90 bits per heavy atom. The number of fused-ring (bicyclic) bond motifs is 3. The summed E-state index contributed by atoms with van der Waals surface area (Å²) in [5, 5.41) is 18.2. The molecule has 2 bridgehead atoms. The molecule has 2 atom stereocenters. The van der Waals surface area contributed by atoms with E-state index >= 15 is 0 Å². The quantitative estimate of drug-likeness (QED) is 0.547. The number of anilines is 1. The van der Waals surface area contributed by atoms with E-state index in [0.29, 0.717) is 34.7 Å². The van der Waals surface area contributed by atoms with Gasteiger partial charge in [-0.1, -0.05) is 0 Å². The highest BCUT2D eigenvalue weighted by Crippen LogP contribution is 2.40. The maximum Gasteiger partial charge on any atom is 0.128 e. The lowest BCUT2D eigenvalue weighted by molar-refractivity contribution is 0.115. The number of aryl methyl sites for hydroxylation is 1. The molecule has 0 aromatic carbocycles. The molecule has 2 unspecified atom stereocenters. The lowest BCUT2D eigenvalue weighted by Gasteiger charge is -2.52. The van der Waals surface area contributed by atoms with Crippen molar-refractivity contribution in [2.45, 2.75) is 12.5 Å². The Kier molecular flexibility index (Phi) is 3.85. The molecular weight excluding hydrogens is 390 g/mol. The molecule has 2 N–H and O–H groups in total. The largest absolute Gasteiger partial charge is 0.356 e.